The summed E-state index contributed by atoms with van der Waals surface area (Å²) in [5, 5.41) is 6.59. The van der Waals surface area contributed by atoms with Gasteiger partial charge in [0, 0.05) is 24.2 Å². The van der Waals surface area contributed by atoms with Crippen molar-refractivity contribution in [1.29, 1.82) is 0 Å². The van der Waals surface area contributed by atoms with Crippen LogP contribution in [0, 0.1) is 0 Å². The lowest BCUT2D eigenvalue weighted by Crippen LogP contribution is -2.68. The number of alkyl halides is 3. The highest BCUT2D eigenvalue weighted by molar-refractivity contribution is 5.76. The molecule has 2 aliphatic rings. The number of hydrogen-bond acceptors (Lipinski definition) is 6. The van der Waals surface area contributed by atoms with Gasteiger partial charge in [-0.25, -0.2) is 9.59 Å². The molecule has 1 saturated heterocycles. The number of rotatable bonds is 6. The Balaban J connectivity index is 1.36. The van der Waals surface area contributed by atoms with E-state index in [4.69, 9.17) is 16.0 Å². The monoisotopic (exact) mass is 482 g/mol. The molecular weight excluding hydrogens is 457 g/mol. The van der Waals surface area contributed by atoms with E-state index in [1.54, 1.807) is 6.07 Å². The number of hydrogen-bond donors (Lipinski definition) is 3. The van der Waals surface area contributed by atoms with Gasteiger partial charge in [-0.05, 0) is 37.8 Å². The average molecular weight is 482 g/mol. The first kappa shape index (κ1) is 23.7. The lowest BCUT2D eigenvalue weighted by Gasteiger charge is -2.46. The van der Waals surface area contributed by atoms with Crippen molar-refractivity contribution in [2.45, 2.75) is 50.3 Å². The van der Waals surface area contributed by atoms with E-state index in [9.17, 15) is 22.8 Å². The largest absolute Gasteiger partial charge is 0.573 e. The summed E-state index contributed by atoms with van der Waals surface area (Å²) in [6.45, 7) is 0.643. The van der Waals surface area contributed by atoms with Crippen LogP contribution in [0.1, 0.15) is 31.4 Å². The van der Waals surface area contributed by atoms with Crippen LogP contribution < -0.4 is 21.5 Å². The van der Waals surface area contributed by atoms with Crippen LogP contribution in [0.5, 0.6) is 5.75 Å². The molecule has 1 atom stereocenters. The van der Waals surface area contributed by atoms with Crippen LogP contribution in [0.25, 0.3) is 11.3 Å². The maximum Gasteiger partial charge on any atom is 0.573 e. The van der Waals surface area contributed by atoms with Crippen molar-refractivity contribution in [3.8, 4) is 17.1 Å². The highest BCUT2D eigenvalue weighted by atomic mass is 19.4. The van der Waals surface area contributed by atoms with Gasteiger partial charge in [0.1, 0.15) is 17.1 Å². The van der Waals surface area contributed by atoms with Crippen molar-refractivity contribution in [1.82, 2.24) is 20.3 Å². The van der Waals surface area contributed by atoms with E-state index in [0.29, 0.717) is 30.6 Å². The quantitative estimate of drug-likeness (QED) is 0.541. The molecule has 1 aliphatic carbocycles. The van der Waals surface area contributed by atoms with Crippen LogP contribution in [0.3, 0.4) is 0 Å². The zero-order valence-corrected chi connectivity index (χ0v) is 18.2. The molecule has 1 aromatic heterocycles. The number of ether oxygens (including phenoxy) is 1. The van der Waals surface area contributed by atoms with Crippen LogP contribution in [-0.4, -0.2) is 58.2 Å². The number of aromatic nitrogens is 1. The minimum absolute atomic E-state index is 0.0131. The molecule has 13 heteroatoms. The second-order valence-electron chi connectivity index (χ2n) is 8.48. The van der Waals surface area contributed by atoms with E-state index in [1.165, 1.54) is 34.1 Å². The fourth-order valence-corrected chi connectivity index (χ4v) is 4.19. The molecule has 1 aliphatic heterocycles. The van der Waals surface area contributed by atoms with Crippen LogP contribution >= 0.6 is 0 Å². The van der Waals surface area contributed by atoms with Crippen molar-refractivity contribution in [3.63, 3.8) is 0 Å². The first-order valence-electron chi connectivity index (χ1n) is 10.8. The number of likely N-dealkylation sites (tertiary alicyclic amines) is 1. The van der Waals surface area contributed by atoms with Gasteiger partial charge < -0.3 is 35.8 Å². The van der Waals surface area contributed by atoms with Gasteiger partial charge in [-0.2, -0.15) is 0 Å². The Labute approximate surface area is 193 Å². The molecule has 2 aromatic rings. The van der Waals surface area contributed by atoms with E-state index < -0.39 is 18.1 Å². The topological polar surface area (TPSA) is 140 Å². The molecule has 4 amide bonds. The molecule has 2 fully saturated rings. The van der Waals surface area contributed by atoms with Crippen LogP contribution in [0.15, 0.2) is 34.9 Å². The molecule has 0 spiro atoms. The number of urea groups is 2. The third kappa shape index (κ3) is 5.53. The molecule has 4 rings (SSSR count). The number of piperidine rings is 1. The molecule has 1 aromatic carbocycles. The average Bonchev–Trinajstić information content (AvgIpc) is 3.45. The number of carbonyl (C=O) groups excluding carboxylic acids is 2. The third-order valence-corrected chi connectivity index (χ3v) is 5.75. The normalized spacial score (nSPS) is 20.6. The molecule has 0 radical (unpaired) electrons. The van der Waals surface area contributed by atoms with Gasteiger partial charge >= 0.3 is 18.4 Å². The number of carbonyl (C=O) groups is 2. The lowest BCUT2D eigenvalue weighted by molar-refractivity contribution is -0.274. The number of amides is 4. The highest BCUT2D eigenvalue weighted by Gasteiger charge is 2.47. The van der Waals surface area contributed by atoms with E-state index in [0.717, 1.165) is 12.8 Å². The molecule has 184 valence electrons. The van der Waals surface area contributed by atoms with Gasteiger partial charge in [-0.1, -0.05) is 17.3 Å². The number of primary amides is 1. The van der Waals surface area contributed by atoms with Gasteiger partial charge in [-0.15, -0.1) is 13.2 Å². The minimum atomic E-state index is -4.81. The van der Waals surface area contributed by atoms with Gasteiger partial charge in [0.2, 0.25) is 0 Å². The second-order valence-corrected chi connectivity index (χ2v) is 8.48. The van der Waals surface area contributed by atoms with Crippen molar-refractivity contribution in [2.75, 3.05) is 13.1 Å². The summed E-state index contributed by atoms with van der Waals surface area (Å²) in [6.07, 6.45) is -1.97. The number of nitrogens with zero attached hydrogens (tertiary/aromatic N) is 3. The van der Waals surface area contributed by atoms with Crippen molar-refractivity contribution in [2.24, 2.45) is 11.5 Å². The van der Waals surface area contributed by atoms with Gasteiger partial charge in [0.25, 0.3) is 0 Å². The van der Waals surface area contributed by atoms with E-state index in [2.05, 4.69) is 15.2 Å². The SMILES string of the molecule is NC(=O)N(C1CC1)[C@@]1(N)CCCN(C(=O)NCc2cc(-c3cccc(OC(F)(F)F)c3)on2)C1. The van der Waals surface area contributed by atoms with Crippen LogP contribution in [-0.2, 0) is 6.54 Å². The van der Waals surface area contributed by atoms with Crippen LogP contribution in [0.4, 0.5) is 22.8 Å². The Morgan fingerprint density at radius 2 is 2.09 bits per heavy atom. The second kappa shape index (κ2) is 9.05. The molecule has 10 nitrogen and oxygen atoms in total. The Morgan fingerprint density at radius 1 is 1.32 bits per heavy atom. The fraction of sp³-hybridized carbons (Fsp3) is 0.476. The first-order chi connectivity index (χ1) is 16.0. The molecule has 0 unspecified atom stereocenters. The highest BCUT2D eigenvalue weighted by Crippen LogP contribution is 2.35. The fourth-order valence-electron chi connectivity index (χ4n) is 4.19. The maximum absolute atomic E-state index is 12.7. The standard InChI is InChI=1S/C21H25F3N6O4/c22-21(23,24)33-16-4-1-3-13(9-16)17-10-14(28-34-17)11-27-19(32)29-8-2-7-20(26,12-29)30(18(25)31)15-5-6-15/h1,3-4,9-10,15H,2,5-8,11-12,26H2,(H2,25,31)(H,27,32)/t20-/m0/s1. The summed E-state index contributed by atoms with van der Waals surface area (Å²) in [6, 6.07) is 5.84. The predicted octanol–water partition coefficient (Wildman–Crippen LogP) is 2.74. The molecular formula is C21H25F3N6O4. The summed E-state index contributed by atoms with van der Waals surface area (Å²) < 4.78 is 46.5. The summed E-state index contributed by atoms with van der Waals surface area (Å²) in [5.41, 5.74) is 11.7. The maximum atomic E-state index is 12.7. The lowest BCUT2D eigenvalue weighted by atomic mass is 9.97. The first-order valence-corrected chi connectivity index (χ1v) is 10.8. The van der Waals surface area contributed by atoms with Crippen molar-refractivity contribution < 1.29 is 32.0 Å². The molecule has 0 bridgehead atoms. The molecule has 34 heavy (non-hydrogen) atoms. The molecule has 1 saturated carbocycles. The van der Waals surface area contributed by atoms with Crippen molar-refractivity contribution in [3.05, 3.63) is 36.0 Å². The Bertz CT molecular complexity index is 1060. The predicted molar refractivity (Wildman–Crippen MR) is 113 cm³/mol. The van der Waals surface area contributed by atoms with E-state index >= 15 is 0 Å². The zero-order chi connectivity index (χ0) is 24.5. The van der Waals surface area contributed by atoms with Gasteiger partial charge in [0.15, 0.2) is 5.76 Å². The summed E-state index contributed by atoms with van der Waals surface area (Å²) in [7, 11) is 0. The van der Waals surface area contributed by atoms with E-state index in [1.807, 2.05) is 0 Å². The molecule has 2 heterocycles. The number of nitrogens with one attached hydrogen (secondary N) is 1. The van der Waals surface area contributed by atoms with E-state index in [-0.39, 0.29) is 36.7 Å². The number of halogens is 3. The van der Waals surface area contributed by atoms with Gasteiger partial charge in [0.05, 0.1) is 13.1 Å². The van der Waals surface area contributed by atoms with Crippen molar-refractivity contribution >= 4 is 12.1 Å². The summed E-state index contributed by atoms with van der Waals surface area (Å²) in [4.78, 5) is 27.7. The van der Waals surface area contributed by atoms with Gasteiger partial charge in [-0.3, -0.25) is 0 Å². The minimum Gasteiger partial charge on any atom is -0.406 e. The summed E-state index contributed by atoms with van der Waals surface area (Å²) >= 11 is 0. The Morgan fingerprint density at radius 3 is 2.76 bits per heavy atom. The number of nitrogens with two attached hydrogens (primary N) is 2. The number of benzene rings is 1. The third-order valence-electron chi connectivity index (χ3n) is 5.75. The smallest absolute Gasteiger partial charge is 0.406 e. The van der Waals surface area contributed by atoms with Crippen LogP contribution in [0.2, 0.25) is 0 Å². The molecule has 5 N–H and O–H groups in total. The Kier molecular flexibility index (Phi) is 6.30. The Hall–Kier alpha value is -3.48. The zero-order valence-electron chi connectivity index (χ0n) is 18.2. The summed E-state index contributed by atoms with van der Waals surface area (Å²) in [5.74, 6) is -0.167.